The van der Waals surface area contributed by atoms with Crippen molar-refractivity contribution in [1.29, 1.82) is 0 Å². The zero-order chi connectivity index (χ0) is 12.8. The normalized spacial score (nSPS) is 11.3. The Morgan fingerprint density at radius 2 is 2.00 bits per heavy atom. The lowest BCUT2D eigenvalue weighted by molar-refractivity contribution is -0.136. The molecule has 0 atom stereocenters. The van der Waals surface area contributed by atoms with Gasteiger partial charge in [0.15, 0.2) is 0 Å². The van der Waals surface area contributed by atoms with Gasteiger partial charge in [-0.15, -0.1) is 11.3 Å². The van der Waals surface area contributed by atoms with Crippen LogP contribution < -0.4 is 0 Å². The molecule has 0 saturated carbocycles. The third-order valence-electron chi connectivity index (χ3n) is 2.39. The first-order valence-corrected chi connectivity index (χ1v) is 6.67. The molecule has 0 N–H and O–H groups in total. The summed E-state index contributed by atoms with van der Waals surface area (Å²) >= 11 is 1.54. The second-order valence-corrected chi connectivity index (χ2v) is 4.61. The third kappa shape index (κ3) is 3.08. The highest BCUT2D eigenvalue weighted by molar-refractivity contribution is 7.11. The Kier molecular flexibility index (Phi) is 4.31. The van der Waals surface area contributed by atoms with E-state index >= 15 is 0 Å². The number of ether oxygens (including phenoxy) is 1. The summed E-state index contributed by atoms with van der Waals surface area (Å²) in [7, 11) is 0. The van der Waals surface area contributed by atoms with Crippen LogP contribution in [0.1, 0.15) is 17.4 Å². The molecule has 18 heavy (non-hydrogen) atoms. The number of benzene rings is 1. The smallest absolute Gasteiger partial charge is 0.339 e. The molecular weight excluding hydrogens is 244 g/mol. The van der Waals surface area contributed by atoms with Gasteiger partial charge in [-0.05, 0) is 30.0 Å². The second kappa shape index (κ2) is 6.17. The fourth-order valence-corrected chi connectivity index (χ4v) is 2.32. The van der Waals surface area contributed by atoms with Crippen LogP contribution in [0, 0.1) is 0 Å². The number of carbonyl (C=O) groups excluding carboxylic acids is 1. The predicted octanol–water partition coefficient (Wildman–Crippen LogP) is 3.85. The molecule has 2 aromatic rings. The molecule has 1 aromatic heterocycles. The third-order valence-corrected chi connectivity index (χ3v) is 3.30. The van der Waals surface area contributed by atoms with Gasteiger partial charge in [0.1, 0.15) is 0 Å². The Morgan fingerprint density at radius 3 is 2.61 bits per heavy atom. The van der Waals surface area contributed by atoms with Gasteiger partial charge in [0.05, 0.1) is 12.2 Å². The lowest BCUT2D eigenvalue weighted by Gasteiger charge is -2.05. The molecule has 1 aromatic carbocycles. The SMILES string of the molecule is CCOC(=O)C(=Cc1ccccc1)c1cccs1. The van der Waals surface area contributed by atoms with E-state index in [-0.39, 0.29) is 5.97 Å². The summed E-state index contributed by atoms with van der Waals surface area (Å²) in [5.74, 6) is -0.274. The Hall–Kier alpha value is -1.87. The van der Waals surface area contributed by atoms with E-state index in [9.17, 15) is 4.79 Å². The molecule has 0 amide bonds. The van der Waals surface area contributed by atoms with E-state index in [4.69, 9.17) is 4.74 Å². The van der Waals surface area contributed by atoms with Crippen molar-refractivity contribution in [2.75, 3.05) is 6.61 Å². The van der Waals surface area contributed by atoms with Crippen LogP contribution in [0.15, 0.2) is 47.8 Å². The summed E-state index contributed by atoms with van der Waals surface area (Å²) < 4.78 is 5.10. The number of carbonyl (C=O) groups is 1. The van der Waals surface area contributed by atoms with Gasteiger partial charge in [0.25, 0.3) is 0 Å². The first-order chi connectivity index (χ1) is 8.81. The summed E-state index contributed by atoms with van der Waals surface area (Å²) in [4.78, 5) is 12.9. The largest absolute Gasteiger partial charge is 0.462 e. The molecule has 0 radical (unpaired) electrons. The van der Waals surface area contributed by atoms with Crippen molar-refractivity contribution >= 4 is 29.0 Å². The van der Waals surface area contributed by atoms with E-state index < -0.39 is 0 Å². The summed E-state index contributed by atoms with van der Waals surface area (Å²) in [6.07, 6.45) is 1.86. The van der Waals surface area contributed by atoms with Crippen molar-refractivity contribution in [1.82, 2.24) is 0 Å². The first-order valence-electron chi connectivity index (χ1n) is 5.79. The van der Waals surface area contributed by atoms with Gasteiger partial charge in [-0.1, -0.05) is 36.4 Å². The zero-order valence-corrected chi connectivity index (χ0v) is 10.9. The Labute approximate surface area is 111 Å². The van der Waals surface area contributed by atoms with E-state index in [1.807, 2.05) is 60.8 Å². The van der Waals surface area contributed by atoms with Gasteiger partial charge >= 0.3 is 5.97 Å². The van der Waals surface area contributed by atoms with Gasteiger partial charge in [-0.25, -0.2) is 4.79 Å². The maximum absolute atomic E-state index is 12.0. The van der Waals surface area contributed by atoms with Gasteiger partial charge < -0.3 is 4.74 Å². The van der Waals surface area contributed by atoms with Gasteiger partial charge in [0, 0.05) is 4.88 Å². The fourth-order valence-electron chi connectivity index (χ4n) is 1.59. The molecule has 3 heteroatoms. The monoisotopic (exact) mass is 258 g/mol. The Bertz CT molecular complexity index is 527. The van der Waals surface area contributed by atoms with E-state index in [0.29, 0.717) is 12.2 Å². The number of hydrogen-bond acceptors (Lipinski definition) is 3. The van der Waals surface area contributed by atoms with Crippen molar-refractivity contribution < 1.29 is 9.53 Å². The van der Waals surface area contributed by atoms with E-state index in [1.165, 1.54) is 11.3 Å². The van der Waals surface area contributed by atoms with Crippen LogP contribution in [0.5, 0.6) is 0 Å². The molecule has 2 nitrogen and oxygen atoms in total. The van der Waals surface area contributed by atoms with Crippen molar-refractivity contribution in [3.8, 4) is 0 Å². The van der Waals surface area contributed by atoms with Gasteiger partial charge in [-0.3, -0.25) is 0 Å². The highest BCUT2D eigenvalue weighted by Gasteiger charge is 2.13. The van der Waals surface area contributed by atoms with Crippen molar-refractivity contribution in [2.24, 2.45) is 0 Å². The van der Waals surface area contributed by atoms with Crippen molar-refractivity contribution in [3.63, 3.8) is 0 Å². The van der Waals surface area contributed by atoms with Crippen LogP contribution in [0.2, 0.25) is 0 Å². The highest BCUT2D eigenvalue weighted by Crippen LogP contribution is 2.24. The fraction of sp³-hybridized carbons (Fsp3) is 0.133. The first kappa shape index (κ1) is 12.6. The molecule has 0 spiro atoms. The molecule has 1 heterocycles. The number of thiophene rings is 1. The van der Waals surface area contributed by atoms with Crippen LogP contribution in [-0.2, 0) is 9.53 Å². The minimum Gasteiger partial charge on any atom is -0.462 e. The maximum Gasteiger partial charge on any atom is 0.339 e. The maximum atomic E-state index is 12.0. The molecule has 0 bridgehead atoms. The van der Waals surface area contributed by atoms with E-state index in [0.717, 1.165) is 10.4 Å². The van der Waals surface area contributed by atoms with Gasteiger partial charge in [-0.2, -0.15) is 0 Å². The van der Waals surface area contributed by atoms with Crippen LogP contribution in [0.3, 0.4) is 0 Å². The molecule has 0 aliphatic carbocycles. The summed E-state index contributed by atoms with van der Waals surface area (Å²) in [6, 6.07) is 13.6. The van der Waals surface area contributed by atoms with Crippen LogP contribution in [0.25, 0.3) is 11.6 Å². The molecule has 0 aliphatic heterocycles. The molecule has 0 fully saturated rings. The zero-order valence-electron chi connectivity index (χ0n) is 10.1. The number of esters is 1. The Balaban J connectivity index is 2.37. The topological polar surface area (TPSA) is 26.3 Å². The summed E-state index contributed by atoms with van der Waals surface area (Å²) in [6.45, 7) is 2.20. The lowest BCUT2D eigenvalue weighted by atomic mass is 10.1. The van der Waals surface area contributed by atoms with E-state index in [2.05, 4.69) is 0 Å². The highest BCUT2D eigenvalue weighted by atomic mass is 32.1. The van der Waals surface area contributed by atoms with Crippen molar-refractivity contribution in [3.05, 3.63) is 58.3 Å². The average molecular weight is 258 g/mol. The lowest BCUT2D eigenvalue weighted by Crippen LogP contribution is -2.05. The molecule has 92 valence electrons. The molecule has 2 rings (SSSR count). The molecule has 0 saturated heterocycles. The van der Waals surface area contributed by atoms with E-state index in [1.54, 1.807) is 0 Å². The minimum atomic E-state index is -0.274. The van der Waals surface area contributed by atoms with Crippen LogP contribution >= 0.6 is 11.3 Å². The Morgan fingerprint density at radius 1 is 1.22 bits per heavy atom. The van der Waals surface area contributed by atoms with Crippen molar-refractivity contribution in [2.45, 2.75) is 6.92 Å². The summed E-state index contributed by atoms with van der Waals surface area (Å²) in [5, 5.41) is 1.95. The molecule has 0 aliphatic rings. The number of hydrogen-bond donors (Lipinski definition) is 0. The predicted molar refractivity (Wildman–Crippen MR) is 75.3 cm³/mol. The van der Waals surface area contributed by atoms with Gasteiger partial charge in [0.2, 0.25) is 0 Å². The standard InChI is InChI=1S/C15H14O2S/c1-2-17-15(16)13(14-9-6-10-18-14)11-12-7-4-3-5-8-12/h3-11H,2H2,1H3. The molecular formula is C15H14O2S. The molecule has 0 unspecified atom stereocenters. The van der Waals surface area contributed by atoms with Crippen LogP contribution in [-0.4, -0.2) is 12.6 Å². The van der Waals surface area contributed by atoms with Crippen LogP contribution in [0.4, 0.5) is 0 Å². The number of rotatable bonds is 4. The average Bonchev–Trinajstić information content (AvgIpc) is 2.91. The summed E-state index contributed by atoms with van der Waals surface area (Å²) in [5.41, 5.74) is 1.60. The second-order valence-electron chi connectivity index (χ2n) is 3.67. The quantitative estimate of drug-likeness (QED) is 0.615. The minimum absolute atomic E-state index is 0.274.